The third kappa shape index (κ3) is 3.85. The summed E-state index contributed by atoms with van der Waals surface area (Å²) < 4.78 is 30.6. The molecule has 0 aliphatic heterocycles. The van der Waals surface area contributed by atoms with E-state index in [1.807, 2.05) is 17.5 Å². The van der Waals surface area contributed by atoms with Crippen LogP contribution in [-0.4, -0.2) is 37.7 Å². The first-order valence-corrected chi connectivity index (χ1v) is 9.99. The number of nitrogens with one attached hydrogen (secondary N) is 1. The summed E-state index contributed by atoms with van der Waals surface area (Å²) in [7, 11) is -0.600. The van der Waals surface area contributed by atoms with Gasteiger partial charge in [0.1, 0.15) is 6.26 Å². The van der Waals surface area contributed by atoms with Gasteiger partial charge in [-0.2, -0.15) is 0 Å². The molecule has 2 aromatic heterocycles. The van der Waals surface area contributed by atoms with Crippen molar-refractivity contribution in [3.8, 4) is 10.8 Å². The summed E-state index contributed by atoms with van der Waals surface area (Å²) in [5.74, 6) is 0.196. The predicted molar refractivity (Wildman–Crippen MR) is 98.3 cm³/mol. The lowest BCUT2D eigenvalue weighted by atomic mass is 10.2. The molecular formula is C17H17N3O4S2. The van der Waals surface area contributed by atoms with Crippen LogP contribution in [0, 0.1) is 0 Å². The summed E-state index contributed by atoms with van der Waals surface area (Å²) in [5, 5.41) is 4.67. The number of amides is 1. The largest absolute Gasteiger partial charge is 0.443 e. The molecule has 0 bridgehead atoms. The number of carbonyl (C=O) groups is 1. The molecule has 0 spiro atoms. The molecule has 0 unspecified atom stereocenters. The van der Waals surface area contributed by atoms with Gasteiger partial charge in [0.15, 0.2) is 0 Å². The average molecular weight is 391 g/mol. The zero-order valence-electron chi connectivity index (χ0n) is 14.2. The van der Waals surface area contributed by atoms with Gasteiger partial charge in [0.2, 0.25) is 15.9 Å². The summed E-state index contributed by atoms with van der Waals surface area (Å²) in [4.78, 5) is 17.6. The lowest BCUT2D eigenvalue weighted by Gasteiger charge is -2.11. The van der Waals surface area contributed by atoms with E-state index in [4.69, 9.17) is 4.42 Å². The smallest absolute Gasteiger partial charge is 0.251 e. The number of thiophene rings is 1. The highest BCUT2D eigenvalue weighted by Gasteiger charge is 2.17. The van der Waals surface area contributed by atoms with Crippen LogP contribution < -0.4 is 5.32 Å². The molecule has 2 heterocycles. The minimum atomic E-state index is -3.51. The Bertz CT molecular complexity index is 991. The van der Waals surface area contributed by atoms with Gasteiger partial charge in [0.05, 0.1) is 22.0 Å². The first-order chi connectivity index (χ1) is 12.4. The van der Waals surface area contributed by atoms with Crippen LogP contribution in [0.3, 0.4) is 0 Å². The zero-order valence-corrected chi connectivity index (χ0v) is 15.8. The molecule has 0 saturated carbocycles. The van der Waals surface area contributed by atoms with Gasteiger partial charge in [-0.3, -0.25) is 4.79 Å². The Morgan fingerprint density at radius 2 is 1.96 bits per heavy atom. The van der Waals surface area contributed by atoms with E-state index in [1.54, 1.807) is 0 Å². The molecule has 136 valence electrons. The van der Waals surface area contributed by atoms with E-state index in [9.17, 15) is 13.2 Å². The Morgan fingerprint density at radius 3 is 2.58 bits per heavy atom. The highest BCUT2D eigenvalue weighted by atomic mass is 32.2. The Balaban J connectivity index is 1.64. The highest BCUT2D eigenvalue weighted by Crippen LogP contribution is 2.23. The lowest BCUT2D eigenvalue weighted by molar-refractivity contribution is 0.0950. The van der Waals surface area contributed by atoms with Crippen molar-refractivity contribution in [3.63, 3.8) is 0 Å². The van der Waals surface area contributed by atoms with Crippen molar-refractivity contribution in [2.45, 2.75) is 11.4 Å². The van der Waals surface area contributed by atoms with Crippen molar-refractivity contribution in [2.24, 2.45) is 0 Å². The summed E-state index contributed by atoms with van der Waals surface area (Å²) >= 11 is 1.52. The normalized spacial score (nSPS) is 11.7. The van der Waals surface area contributed by atoms with Crippen molar-refractivity contribution in [2.75, 3.05) is 14.1 Å². The minimum absolute atomic E-state index is 0.135. The molecule has 0 aliphatic rings. The number of carbonyl (C=O) groups excluding carboxylic acids is 1. The van der Waals surface area contributed by atoms with Crippen molar-refractivity contribution < 1.29 is 17.6 Å². The standard InChI is InChI=1S/C17H17N3O4S2/c1-20(2)26(22,23)14-7-5-12(6-8-14)16(21)18-10-13-11-24-17(19-13)15-4-3-9-25-15/h3-9,11H,10H2,1-2H3,(H,18,21). The molecule has 26 heavy (non-hydrogen) atoms. The Kier molecular flexibility index (Phi) is 5.21. The van der Waals surface area contributed by atoms with E-state index < -0.39 is 10.0 Å². The van der Waals surface area contributed by atoms with Crippen LogP contribution in [0.4, 0.5) is 0 Å². The molecular weight excluding hydrogens is 374 g/mol. The van der Waals surface area contributed by atoms with Crippen LogP contribution in [0.5, 0.6) is 0 Å². The van der Waals surface area contributed by atoms with E-state index in [-0.39, 0.29) is 17.3 Å². The lowest BCUT2D eigenvalue weighted by Crippen LogP contribution is -2.24. The van der Waals surface area contributed by atoms with Gasteiger partial charge in [-0.15, -0.1) is 11.3 Å². The highest BCUT2D eigenvalue weighted by molar-refractivity contribution is 7.89. The Morgan fingerprint density at radius 1 is 1.23 bits per heavy atom. The SMILES string of the molecule is CN(C)S(=O)(=O)c1ccc(C(=O)NCc2coc(-c3cccs3)n2)cc1. The molecule has 1 aromatic carbocycles. The summed E-state index contributed by atoms with van der Waals surface area (Å²) in [6.45, 7) is 0.214. The second kappa shape index (κ2) is 7.40. The summed E-state index contributed by atoms with van der Waals surface area (Å²) in [6.07, 6.45) is 1.50. The van der Waals surface area contributed by atoms with E-state index in [0.717, 1.165) is 9.18 Å². The third-order valence-corrected chi connectivity index (χ3v) is 6.30. The third-order valence-electron chi connectivity index (χ3n) is 3.61. The molecule has 0 saturated heterocycles. The van der Waals surface area contributed by atoms with Crippen LogP contribution in [0.2, 0.25) is 0 Å². The second-order valence-electron chi connectivity index (χ2n) is 5.62. The number of rotatable bonds is 6. The summed E-state index contributed by atoms with van der Waals surface area (Å²) in [5.41, 5.74) is 0.971. The number of hydrogen-bond donors (Lipinski definition) is 1. The monoisotopic (exact) mass is 391 g/mol. The molecule has 1 N–H and O–H groups in total. The Hall–Kier alpha value is -2.49. The number of nitrogens with zero attached hydrogens (tertiary/aromatic N) is 2. The van der Waals surface area contributed by atoms with Gasteiger partial charge < -0.3 is 9.73 Å². The van der Waals surface area contributed by atoms with Crippen molar-refractivity contribution in [3.05, 3.63) is 59.3 Å². The quantitative estimate of drug-likeness (QED) is 0.697. The molecule has 1 amide bonds. The van der Waals surface area contributed by atoms with E-state index >= 15 is 0 Å². The average Bonchev–Trinajstić information content (AvgIpc) is 3.31. The van der Waals surface area contributed by atoms with Gasteiger partial charge in [-0.05, 0) is 35.7 Å². The molecule has 0 radical (unpaired) electrons. The fourth-order valence-corrected chi connectivity index (χ4v) is 3.72. The molecule has 0 aliphatic carbocycles. The first-order valence-electron chi connectivity index (χ1n) is 7.67. The topological polar surface area (TPSA) is 92.5 Å². The minimum Gasteiger partial charge on any atom is -0.443 e. The fourth-order valence-electron chi connectivity index (χ4n) is 2.16. The van der Waals surface area contributed by atoms with Gasteiger partial charge in [-0.25, -0.2) is 17.7 Å². The maximum Gasteiger partial charge on any atom is 0.251 e. The van der Waals surface area contributed by atoms with Gasteiger partial charge in [0, 0.05) is 19.7 Å². The molecule has 7 nitrogen and oxygen atoms in total. The number of oxazole rings is 1. The van der Waals surface area contributed by atoms with Crippen LogP contribution in [0.15, 0.2) is 57.4 Å². The van der Waals surface area contributed by atoms with E-state index in [0.29, 0.717) is 17.1 Å². The maximum atomic E-state index is 12.2. The van der Waals surface area contributed by atoms with Crippen molar-refractivity contribution >= 4 is 27.3 Å². The van der Waals surface area contributed by atoms with Gasteiger partial charge >= 0.3 is 0 Å². The zero-order chi connectivity index (χ0) is 18.7. The fraction of sp³-hybridized carbons (Fsp3) is 0.176. The molecule has 3 rings (SSSR count). The molecule has 0 fully saturated rings. The number of hydrogen-bond acceptors (Lipinski definition) is 6. The van der Waals surface area contributed by atoms with Crippen LogP contribution in [-0.2, 0) is 16.6 Å². The summed E-state index contributed by atoms with van der Waals surface area (Å²) in [6, 6.07) is 9.59. The first kappa shape index (κ1) is 18.3. The molecule has 0 atom stereocenters. The second-order valence-corrected chi connectivity index (χ2v) is 8.72. The number of benzene rings is 1. The van der Waals surface area contributed by atoms with Crippen LogP contribution in [0.1, 0.15) is 16.1 Å². The van der Waals surface area contributed by atoms with Crippen molar-refractivity contribution in [1.82, 2.24) is 14.6 Å². The maximum absolute atomic E-state index is 12.2. The van der Waals surface area contributed by atoms with Crippen molar-refractivity contribution in [1.29, 1.82) is 0 Å². The Labute approximate surface area is 155 Å². The van der Waals surface area contributed by atoms with E-state index in [2.05, 4.69) is 10.3 Å². The van der Waals surface area contributed by atoms with Crippen LogP contribution in [0.25, 0.3) is 10.8 Å². The number of aromatic nitrogens is 1. The number of sulfonamides is 1. The molecule has 9 heteroatoms. The van der Waals surface area contributed by atoms with Crippen LogP contribution >= 0.6 is 11.3 Å². The predicted octanol–water partition coefficient (Wildman–Crippen LogP) is 2.58. The van der Waals surface area contributed by atoms with Gasteiger partial charge in [0.25, 0.3) is 5.91 Å². The van der Waals surface area contributed by atoms with E-state index in [1.165, 1.54) is 56.0 Å². The molecule has 3 aromatic rings. The van der Waals surface area contributed by atoms with Gasteiger partial charge in [-0.1, -0.05) is 6.07 Å².